The van der Waals surface area contributed by atoms with E-state index in [0.717, 1.165) is 53.3 Å². The zero-order chi connectivity index (χ0) is 18.4. The fourth-order valence-electron chi connectivity index (χ4n) is 2.48. The maximum atomic E-state index is 4.56. The third-order valence-corrected chi connectivity index (χ3v) is 6.52. The van der Waals surface area contributed by atoms with Gasteiger partial charge in [-0.1, -0.05) is 0 Å². The van der Waals surface area contributed by atoms with E-state index in [-0.39, 0.29) is 24.0 Å². The standard InChI is InChI=1S/C18H23N5S3.HI/c1-12-22-14(10-24-12)6-8-20-18(19-3)21-9-7-15-4-5-17(26-15)16-11-25-13(2)23-16;/h4-5,10-11H,6-9H2,1-3H3,(H2,19,20,21);1H. The number of halogens is 1. The molecule has 3 aromatic heterocycles. The molecule has 0 saturated heterocycles. The van der Waals surface area contributed by atoms with Crippen molar-refractivity contribution in [3.63, 3.8) is 0 Å². The largest absolute Gasteiger partial charge is 0.356 e. The molecule has 0 aliphatic carbocycles. The number of aromatic nitrogens is 2. The van der Waals surface area contributed by atoms with E-state index in [2.05, 4.69) is 48.5 Å². The lowest BCUT2D eigenvalue weighted by Crippen LogP contribution is -2.39. The van der Waals surface area contributed by atoms with Gasteiger partial charge in [-0.25, -0.2) is 9.97 Å². The minimum atomic E-state index is 0. The van der Waals surface area contributed by atoms with Crippen LogP contribution in [0.25, 0.3) is 10.6 Å². The number of aryl methyl sites for hydroxylation is 2. The second kappa shape index (κ2) is 11.1. The number of thiophene rings is 1. The van der Waals surface area contributed by atoms with Crippen molar-refractivity contribution in [2.75, 3.05) is 20.1 Å². The summed E-state index contributed by atoms with van der Waals surface area (Å²) in [6.45, 7) is 5.76. The van der Waals surface area contributed by atoms with Gasteiger partial charge in [-0.2, -0.15) is 0 Å². The number of nitrogens with zero attached hydrogens (tertiary/aromatic N) is 3. The number of nitrogens with one attached hydrogen (secondary N) is 2. The van der Waals surface area contributed by atoms with Gasteiger partial charge < -0.3 is 10.6 Å². The van der Waals surface area contributed by atoms with Crippen LogP contribution in [-0.4, -0.2) is 36.1 Å². The maximum absolute atomic E-state index is 4.56. The van der Waals surface area contributed by atoms with E-state index >= 15 is 0 Å². The summed E-state index contributed by atoms with van der Waals surface area (Å²) in [4.78, 5) is 15.9. The number of thiazole rings is 2. The Kier molecular flexibility index (Phi) is 9.13. The summed E-state index contributed by atoms with van der Waals surface area (Å²) >= 11 is 5.20. The monoisotopic (exact) mass is 533 g/mol. The highest BCUT2D eigenvalue weighted by atomic mass is 127. The molecule has 0 amide bonds. The normalized spacial score (nSPS) is 11.3. The third kappa shape index (κ3) is 6.81. The highest BCUT2D eigenvalue weighted by Crippen LogP contribution is 2.29. The van der Waals surface area contributed by atoms with Crippen LogP contribution in [0.15, 0.2) is 27.9 Å². The Labute approximate surface area is 189 Å². The molecule has 0 atom stereocenters. The summed E-state index contributed by atoms with van der Waals surface area (Å²) in [6.07, 6.45) is 1.88. The fraction of sp³-hybridized carbons (Fsp3) is 0.389. The van der Waals surface area contributed by atoms with Crippen molar-refractivity contribution in [3.8, 4) is 10.6 Å². The molecule has 3 rings (SSSR count). The molecule has 146 valence electrons. The molecule has 0 aromatic carbocycles. The molecule has 9 heteroatoms. The van der Waals surface area contributed by atoms with Crippen LogP contribution >= 0.6 is 58.0 Å². The lowest BCUT2D eigenvalue weighted by molar-refractivity contribution is 0.780. The van der Waals surface area contributed by atoms with Crippen LogP contribution in [0.5, 0.6) is 0 Å². The highest BCUT2D eigenvalue weighted by Gasteiger charge is 2.06. The third-order valence-electron chi connectivity index (χ3n) is 3.76. The van der Waals surface area contributed by atoms with E-state index in [1.54, 1.807) is 29.7 Å². The molecule has 5 nitrogen and oxygen atoms in total. The van der Waals surface area contributed by atoms with Gasteiger partial charge >= 0.3 is 0 Å². The van der Waals surface area contributed by atoms with Gasteiger partial charge in [0.05, 0.1) is 26.3 Å². The van der Waals surface area contributed by atoms with Crippen LogP contribution in [0.2, 0.25) is 0 Å². The quantitative estimate of drug-likeness (QED) is 0.267. The molecule has 0 spiro atoms. The summed E-state index contributed by atoms with van der Waals surface area (Å²) in [7, 11) is 1.80. The van der Waals surface area contributed by atoms with Crippen LogP contribution < -0.4 is 10.6 Å². The zero-order valence-corrected chi connectivity index (χ0v) is 20.4. The summed E-state index contributed by atoms with van der Waals surface area (Å²) < 4.78 is 0. The summed E-state index contributed by atoms with van der Waals surface area (Å²) in [6, 6.07) is 4.36. The molecule has 0 aliphatic heterocycles. The van der Waals surface area contributed by atoms with Crippen LogP contribution in [0, 0.1) is 13.8 Å². The van der Waals surface area contributed by atoms with E-state index in [1.807, 2.05) is 25.2 Å². The van der Waals surface area contributed by atoms with Crippen molar-refractivity contribution in [2.24, 2.45) is 4.99 Å². The first-order valence-corrected chi connectivity index (χ1v) is 11.1. The molecule has 27 heavy (non-hydrogen) atoms. The van der Waals surface area contributed by atoms with E-state index in [4.69, 9.17) is 0 Å². The minimum absolute atomic E-state index is 0. The van der Waals surface area contributed by atoms with Crippen LogP contribution in [-0.2, 0) is 12.8 Å². The highest BCUT2D eigenvalue weighted by molar-refractivity contribution is 14.0. The van der Waals surface area contributed by atoms with Crippen molar-refractivity contribution in [1.29, 1.82) is 0 Å². The van der Waals surface area contributed by atoms with Gasteiger partial charge in [0, 0.05) is 42.2 Å². The van der Waals surface area contributed by atoms with Crippen LogP contribution in [0.4, 0.5) is 0 Å². The molecule has 0 radical (unpaired) electrons. The summed E-state index contributed by atoms with van der Waals surface area (Å²) in [5.41, 5.74) is 2.23. The Bertz CT molecular complexity index is 868. The summed E-state index contributed by atoms with van der Waals surface area (Å²) in [5, 5.41) is 13.2. The van der Waals surface area contributed by atoms with Crippen LogP contribution in [0.3, 0.4) is 0 Å². The molecule has 3 heterocycles. The smallest absolute Gasteiger partial charge is 0.191 e. The molecule has 2 N–H and O–H groups in total. The lowest BCUT2D eigenvalue weighted by Gasteiger charge is -2.10. The SMILES string of the molecule is CN=C(NCCc1csc(C)n1)NCCc1ccc(-c2csc(C)n2)s1.I. The number of rotatable bonds is 7. The number of hydrogen-bond donors (Lipinski definition) is 2. The Balaban J connectivity index is 0.00000261. The second-order valence-corrected chi connectivity index (χ2v) is 9.09. The predicted octanol–water partition coefficient (Wildman–Crippen LogP) is 4.51. The van der Waals surface area contributed by atoms with Gasteiger partial charge in [0.1, 0.15) is 0 Å². The van der Waals surface area contributed by atoms with E-state index < -0.39 is 0 Å². The number of hydrogen-bond acceptors (Lipinski definition) is 6. The van der Waals surface area contributed by atoms with Gasteiger partial charge in [0.2, 0.25) is 0 Å². The molecular weight excluding hydrogens is 509 g/mol. The van der Waals surface area contributed by atoms with Gasteiger partial charge in [-0.05, 0) is 32.4 Å². The molecule has 0 fully saturated rings. The van der Waals surface area contributed by atoms with Crippen molar-refractivity contribution in [3.05, 3.63) is 43.5 Å². The first-order chi connectivity index (χ1) is 12.6. The van der Waals surface area contributed by atoms with Gasteiger partial charge in [-0.15, -0.1) is 58.0 Å². The maximum Gasteiger partial charge on any atom is 0.191 e. The van der Waals surface area contributed by atoms with Crippen molar-refractivity contribution < 1.29 is 0 Å². The van der Waals surface area contributed by atoms with Crippen molar-refractivity contribution in [1.82, 2.24) is 20.6 Å². The number of guanidine groups is 1. The van der Waals surface area contributed by atoms with Gasteiger partial charge in [-0.3, -0.25) is 4.99 Å². The van der Waals surface area contributed by atoms with Gasteiger partial charge in [0.25, 0.3) is 0 Å². The van der Waals surface area contributed by atoms with E-state index in [9.17, 15) is 0 Å². The van der Waals surface area contributed by atoms with Crippen molar-refractivity contribution in [2.45, 2.75) is 26.7 Å². The average molecular weight is 534 g/mol. The Morgan fingerprint density at radius 1 is 1.00 bits per heavy atom. The number of aliphatic imine (C=N–C) groups is 1. The topological polar surface area (TPSA) is 62.2 Å². The van der Waals surface area contributed by atoms with Crippen molar-refractivity contribution >= 4 is 63.9 Å². The van der Waals surface area contributed by atoms with Gasteiger partial charge in [0.15, 0.2) is 5.96 Å². The fourth-order valence-corrected chi connectivity index (χ4v) is 4.79. The minimum Gasteiger partial charge on any atom is -0.356 e. The lowest BCUT2D eigenvalue weighted by atomic mass is 10.3. The Morgan fingerprint density at radius 2 is 1.70 bits per heavy atom. The second-order valence-electron chi connectivity index (χ2n) is 5.80. The average Bonchev–Trinajstić information content (AvgIpc) is 3.35. The van der Waals surface area contributed by atoms with E-state index in [1.165, 1.54) is 9.75 Å². The van der Waals surface area contributed by atoms with E-state index in [0.29, 0.717) is 0 Å². The predicted molar refractivity (Wildman–Crippen MR) is 129 cm³/mol. The molecule has 0 saturated carbocycles. The first kappa shape index (κ1) is 22.3. The Hall–Kier alpha value is -1.04. The summed E-state index contributed by atoms with van der Waals surface area (Å²) in [5.74, 6) is 0.837. The molecule has 3 aromatic rings. The molecule has 0 bridgehead atoms. The molecule has 0 unspecified atom stereocenters. The Morgan fingerprint density at radius 3 is 2.33 bits per heavy atom. The zero-order valence-electron chi connectivity index (χ0n) is 15.6. The van der Waals surface area contributed by atoms with Crippen LogP contribution in [0.1, 0.15) is 20.6 Å². The molecular formula is C18H24IN5S3. The first-order valence-electron chi connectivity index (χ1n) is 8.51. The molecule has 0 aliphatic rings.